The molecule has 0 aliphatic carbocycles. The molecule has 0 fully saturated rings. The Balaban J connectivity index is 0. The zero-order valence-corrected chi connectivity index (χ0v) is 29.3. The molecule has 2 aromatic carbocycles. The third-order valence-corrected chi connectivity index (χ3v) is 10.4. The summed E-state index contributed by atoms with van der Waals surface area (Å²) in [4.78, 5) is 43.2. The molecule has 0 aromatic heterocycles. The Kier molecular flexibility index (Phi) is 20.9. The second kappa shape index (κ2) is 20.2. The standard InChI is InChI=1S/C8H2Br4O4.C8H2Cl4O4.2C2H8N2/c2*9-3-1(7(13)14)2(8(15)16)4(10)6(12)5(3)11;2*3-1-2-4/h2*(H,13,14)(H,15,16);2*1-4H2. The molecule has 0 unspecified atom stereocenters. The number of halogens is 8. The molecule has 0 aliphatic rings. The van der Waals surface area contributed by atoms with Crippen LogP contribution in [0.15, 0.2) is 17.9 Å². The van der Waals surface area contributed by atoms with Gasteiger partial charge in [-0.2, -0.15) is 0 Å². The zero-order valence-electron chi connectivity index (χ0n) is 19.9. The molecule has 12 nitrogen and oxygen atoms in total. The Morgan fingerprint density at radius 1 is 0.450 bits per heavy atom. The molecule has 2 rings (SSSR count). The SMILES string of the molecule is O=C([O-])c1c(Br)c(Br)c(Br)c(Br)c1C(=O)[O-].O=C([O-])c1c(Cl)c(Cl)c(Cl)c(Cl)c1C(=O)[O-].[NH3+]CC[NH3+].[NH3+]CC[NH3+]. The van der Waals surface area contributed by atoms with Crippen molar-refractivity contribution in [1.82, 2.24) is 0 Å². The highest BCUT2D eigenvalue weighted by Gasteiger charge is 2.22. The normalized spacial score (nSPS) is 9.70. The van der Waals surface area contributed by atoms with E-state index in [1.54, 1.807) is 0 Å². The number of carbonyl (C=O) groups is 4. The molecule has 0 saturated carbocycles. The predicted octanol–water partition coefficient (Wildman–Crippen LogP) is -2.57. The fourth-order valence-corrected chi connectivity index (χ4v) is 5.48. The summed E-state index contributed by atoms with van der Waals surface area (Å²) in [6.07, 6.45) is 0. The number of benzene rings is 2. The quantitative estimate of drug-likeness (QED) is 0.176. The number of aromatic carboxylic acids is 4. The number of carboxylic acid groups (broad SMARTS) is 4. The van der Waals surface area contributed by atoms with E-state index in [1.165, 1.54) is 0 Å². The van der Waals surface area contributed by atoms with Crippen LogP contribution < -0.4 is 43.4 Å². The van der Waals surface area contributed by atoms with Crippen molar-refractivity contribution in [1.29, 1.82) is 0 Å². The van der Waals surface area contributed by atoms with Crippen molar-refractivity contribution in [2.45, 2.75) is 0 Å². The van der Waals surface area contributed by atoms with Crippen LogP contribution in [0.4, 0.5) is 0 Å². The van der Waals surface area contributed by atoms with Crippen molar-refractivity contribution in [2.75, 3.05) is 26.2 Å². The van der Waals surface area contributed by atoms with Gasteiger partial charge in [-0.1, -0.05) is 46.4 Å². The summed E-state index contributed by atoms with van der Waals surface area (Å²) in [6, 6.07) is 0. The van der Waals surface area contributed by atoms with Crippen molar-refractivity contribution >= 4 is 134 Å². The number of carboxylic acids is 4. The molecule has 12 N–H and O–H groups in total. The van der Waals surface area contributed by atoms with Gasteiger partial charge in [-0.05, 0) is 63.7 Å². The van der Waals surface area contributed by atoms with E-state index < -0.39 is 56.2 Å². The van der Waals surface area contributed by atoms with Crippen molar-refractivity contribution < 1.29 is 62.5 Å². The minimum Gasteiger partial charge on any atom is -0.545 e. The molecule has 0 saturated heterocycles. The lowest BCUT2D eigenvalue weighted by molar-refractivity contribution is -0.453. The fourth-order valence-electron chi connectivity index (χ4n) is 2.03. The Bertz CT molecular complexity index is 1080. The van der Waals surface area contributed by atoms with E-state index in [9.17, 15) is 39.6 Å². The Morgan fingerprint density at radius 2 is 0.650 bits per heavy atom. The highest BCUT2D eigenvalue weighted by atomic mass is 79.9. The van der Waals surface area contributed by atoms with Crippen LogP contribution in [-0.4, -0.2) is 50.1 Å². The molecule has 224 valence electrons. The topological polar surface area (TPSA) is 271 Å². The largest absolute Gasteiger partial charge is 0.545 e. The van der Waals surface area contributed by atoms with Gasteiger partial charge in [0.1, 0.15) is 26.2 Å². The summed E-state index contributed by atoms with van der Waals surface area (Å²) < 4.78 is 0.871. The summed E-state index contributed by atoms with van der Waals surface area (Å²) >= 11 is 34.3. The Hall–Kier alpha value is -0.760. The number of hydrogen-bond acceptors (Lipinski definition) is 8. The van der Waals surface area contributed by atoms with Crippen LogP contribution in [0, 0.1) is 0 Å². The first-order valence-electron chi connectivity index (χ1n) is 10.1. The van der Waals surface area contributed by atoms with Crippen molar-refractivity contribution in [2.24, 2.45) is 0 Å². The molecular formula is C20H20Br4Cl4N4O8. The molecule has 0 aliphatic heterocycles. The van der Waals surface area contributed by atoms with Crippen LogP contribution in [0.3, 0.4) is 0 Å². The molecule has 20 heteroatoms. The van der Waals surface area contributed by atoms with Crippen LogP contribution in [0.2, 0.25) is 20.1 Å². The van der Waals surface area contributed by atoms with Crippen LogP contribution in [-0.2, 0) is 0 Å². The van der Waals surface area contributed by atoms with Crippen LogP contribution in [0.25, 0.3) is 0 Å². The lowest BCUT2D eigenvalue weighted by Gasteiger charge is -2.18. The van der Waals surface area contributed by atoms with Crippen LogP contribution in [0.1, 0.15) is 41.4 Å². The highest BCUT2D eigenvalue weighted by molar-refractivity contribution is 9.15. The average Bonchev–Trinajstić information content (AvgIpc) is 2.89. The molecule has 40 heavy (non-hydrogen) atoms. The first kappa shape index (κ1) is 41.4. The second-order valence-electron chi connectivity index (χ2n) is 6.58. The summed E-state index contributed by atoms with van der Waals surface area (Å²) in [6.45, 7) is 3.83. The number of quaternary nitrogens is 4. The maximum Gasteiger partial charge on any atom is 0.124 e. The summed E-state index contributed by atoms with van der Waals surface area (Å²) in [5.74, 6) is -6.91. The predicted molar refractivity (Wildman–Crippen MR) is 152 cm³/mol. The van der Waals surface area contributed by atoms with Crippen molar-refractivity contribution in [3.63, 3.8) is 0 Å². The van der Waals surface area contributed by atoms with E-state index in [1.807, 2.05) is 0 Å². The van der Waals surface area contributed by atoms with Gasteiger partial charge in [-0.15, -0.1) is 0 Å². The number of rotatable bonds is 6. The van der Waals surface area contributed by atoms with Crippen LogP contribution in [0.5, 0.6) is 0 Å². The molecule has 0 heterocycles. The third-order valence-electron chi connectivity index (χ3n) is 3.85. The second-order valence-corrected chi connectivity index (χ2v) is 11.3. The van der Waals surface area contributed by atoms with E-state index in [4.69, 9.17) is 46.4 Å². The monoisotopic (exact) mass is 900 g/mol. The maximum absolute atomic E-state index is 10.9. The van der Waals surface area contributed by atoms with E-state index >= 15 is 0 Å². The van der Waals surface area contributed by atoms with Gasteiger partial charge in [0, 0.05) is 40.1 Å². The molecule has 0 amide bonds. The first-order valence-corrected chi connectivity index (χ1v) is 14.8. The number of hydrogen-bond donors (Lipinski definition) is 4. The van der Waals surface area contributed by atoms with E-state index in [-0.39, 0.29) is 19.0 Å². The lowest BCUT2D eigenvalue weighted by Crippen LogP contribution is -2.64. The molecule has 2 aromatic rings. The number of carbonyl (C=O) groups excluding carboxylic acids is 4. The Labute approximate surface area is 280 Å². The van der Waals surface area contributed by atoms with Gasteiger partial charge in [0.25, 0.3) is 0 Å². The molecule has 0 atom stereocenters. The average molecular weight is 906 g/mol. The van der Waals surface area contributed by atoms with Gasteiger partial charge >= 0.3 is 0 Å². The fraction of sp³-hybridized carbons (Fsp3) is 0.200. The van der Waals surface area contributed by atoms with Gasteiger partial charge in [-0.3, -0.25) is 0 Å². The molecular weight excluding hydrogens is 886 g/mol. The summed E-state index contributed by atoms with van der Waals surface area (Å²) in [5, 5.41) is 41.3. The van der Waals surface area contributed by atoms with Gasteiger partial charge in [0.15, 0.2) is 0 Å². The van der Waals surface area contributed by atoms with Gasteiger partial charge < -0.3 is 62.5 Å². The van der Waals surface area contributed by atoms with Gasteiger partial charge in [0.2, 0.25) is 0 Å². The first-order chi connectivity index (χ1) is 18.4. The third kappa shape index (κ3) is 11.5. The molecule has 0 radical (unpaired) electrons. The van der Waals surface area contributed by atoms with E-state index in [0.717, 1.165) is 26.2 Å². The maximum atomic E-state index is 10.9. The van der Waals surface area contributed by atoms with Crippen LogP contribution >= 0.6 is 110 Å². The smallest absolute Gasteiger partial charge is 0.124 e. The summed E-state index contributed by atoms with van der Waals surface area (Å²) in [5.41, 5.74) is 11.5. The van der Waals surface area contributed by atoms with Crippen molar-refractivity contribution in [3.05, 3.63) is 60.2 Å². The van der Waals surface area contributed by atoms with E-state index in [0.29, 0.717) is 8.95 Å². The van der Waals surface area contributed by atoms with Gasteiger partial charge in [0.05, 0.1) is 44.0 Å². The molecule has 0 bridgehead atoms. The van der Waals surface area contributed by atoms with E-state index in [2.05, 4.69) is 86.7 Å². The Morgan fingerprint density at radius 3 is 0.800 bits per heavy atom. The van der Waals surface area contributed by atoms with Crippen molar-refractivity contribution in [3.8, 4) is 0 Å². The zero-order chi connectivity index (χ0) is 32.1. The minimum atomic E-state index is -1.84. The lowest BCUT2D eigenvalue weighted by atomic mass is 10.1. The minimum absolute atomic E-state index is 0.0711. The highest BCUT2D eigenvalue weighted by Crippen LogP contribution is 2.42. The summed E-state index contributed by atoms with van der Waals surface area (Å²) in [7, 11) is 0. The van der Waals surface area contributed by atoms with Gasteiger partial charge in [-0.25, -0.2) is 0 Å². The molecule has 0 spiro atoms.